The summed E-state index contributed by atoms with van der Waals surface area (Å²) in [7, 11) is -4.38. The van der Waals surface area contributed by atoms with E-state index in [2.05, 4.69) is 0 Å². The van der Waals surface area contributed by atoms with Crippen LogP contribution < -0.4 is 29.6 Å². The van der Waals surface area contributed by atoms with Crippen LogP contribution >= 0.6 is 11.6 Å². The minimum atomic E-state index is -4.38. The fraction of sp³-hybridized carbons (Fsp3) is 0. The maximum absolute atomic E-state index is 10.8. The first-order valence-electron chi connectivity index (χ1n) is 4.79. The standard InChI is InChI=1S/C12H9ClO3S.Na/c13-11-5-1-9(2-6-11)10-3-7-12(8-4-10)17(14,15)16;/h1-8H,(H,14,15,16);/q;+1/p-1. The average molecular weight is 291 g/mol. The van der Waals surface area contributed by atoms with E-state index in [0.29, 0.717) is 5.02 Å². The topological polar surface area (TPSA) is 57.2 Å². The summed E-state index contributed by atoms with van der Waals surface area (Å²) in [6, 6.07) is 12.9. The third-order valence-corrected chi connectivity index (χ3v) is 3.42. The van der Waals surface area contributed by atoms with Crippen LogP contribution in [-0.4, -0.2) is 13.0 Å². The van der Waals surface area contributed by atoms with Crippen molar-refractivity contribution >= 4 is 21.7 Å². The number of hydrogen-bond donors (Lipinski definition) is 0. The number of halogens is 1. The van der Waals surface area contributed by atoms with E-state index >= 15 is 0 Å². The van der Waals surface area contributed by atoms with Crippen LogP contribution in [0.4, 0.5) is 0 Å². The largest absolute Gasteiger partial charge is 1.00 e. The summed E-state index contributed by atoms with van der Waals surface area (Å²) < 4.78 is 32.3. The van der Waals surface area contributed by atoms with Gasteiger partial charge in [-0.1, -0.05) is 35.9 Å². The fourth-order valence-electron chi connectivity index (χ4n) is 1.46. The molecule has 2 rings (SSSR count). The molecule has 0 aromatic heterocycles. The second-order valence-electron chi connectivity index (χ2n) is 3.49. The summed E-state index contributed by atoms with van der Waals surface area (Å²) in [6.45, 7) is 0. The van der Waals surface area contributed by atoms with E-state index in [4.69, 9.17) is 11.6 Å². The van der Waals surface area contributed by atoms with Crippen molar-refractivity contribution in [1.82, 2.24) is 0 Å². The van der Waals surface area contributed by atoms with Crippen molar-refractivity contribution in [3.8, 4) is 11.1 Å². The molecule has 2 aromatic rings. The van der Waals surface area contributed by atoms with Gasteiger partial charge in [0.2, 0.25) is 0 Å². The molecular formula is C12H8ClNaO3S. The van der Waals surface area contributed by atoms with Crippen molar-refractivity contribution in [2.75, 3.05) is 0 Å². The van der Waals surface area contributed by atoms with Gasteiger partial charge in [0.15, 0.2) is 0 Å². The monoisotopic (exact) mass is 290 g/mol. The number of hydrogen-bond acceptors (Lipinski definition) is 3. The Morgan fingerprint density at radius 2 is 1.22 bits per heavy atom. The summed E-state index contributed by atoms with van der Waals surface area (Å²) in [5.74, 6) is 0. The molecule has 0 heterocycles. The smallest absolute Gasteiger partial charge is 0.744 e. The minimum absolute atomic E-state index is 0. The maximum atomic E-state index is 10.8. The Kier molecular flexibility index (Phi) is 5.40. The van der Waals surface area contributed by atoms with Gasteiger partial charge >= 0.3 is 29.6 Å². The van der Waals surface area contributed by atoms with E-state index < -0.39 is 10.1 Å². The molecule has 2 aromatic carbocycles. The third-order valence-electron chi connectivity index (χ3n) is 2.32. The summed E-state index contributed by atoms with van der Waals surface area (Å²) in [5, 5.41) is 0.632. The Hall–Kier alpha value is -0.360. The Labute approximate surface area is 133 Å². The molecule has 0 spiro atoms. The Bertz CT molecular complexity index is 621. The third kappa shape index (κ3) is 3.82. The van der Waals surface area contributed by atoms with Crippen LogP contribution in [-0.2, 0) is 10.1 Å². The van der Waals surface area contributed by atoms with Gasteiger partial charge in [-0.3, -0.25) is 0 Å². The van der Waals surface area contributed by atoms with E-state index in [1.54, 1.807) is 24.3 Å². The molecule has 0 aliphatic heterocycles. The van der Waals surface area contributed by atoms with E-state index in [0.717, 1.165) is 11.1 Å². The first kappa shape index (κ1) is 15.7. The van der Waals surface area contributed by atoms with Gasteiger partial charge in [-0.05, 0) is 35.4 Å². The number of rotatable bonds is 2. The average Bonchev–Trinajstić information content (AvgIpc) is 2.29. The van der Waals surface area contributed by atoms with E-state index in [1.165, 1.54) is 12.1 Å². The van der Waals surface area contributed by atoms with Crippen molar-refractivity contribution < 1.29 is 42.5 Å². The van der Waals surface area contributed by atoms with Gasteiger partial charge in [-0.25, -0.2) is 8.42 Å². The van der Waals surface area contributed by atoms with Gasteiger partial charge in [-0.15, -0.1) is 0 Å². The molecule has 0 unspecified atom stereocenters. The van der Waals surface area contributed by atoms with Crippen LogP contribution in [0.3, 0.4) is 0 Å². The molecule has 0 amide bonds. The zero-order valence-electron chi connectivity index (χ0n) is 9.63. The van der Waals surface area contributed by atoms with Crippen LogP contribution in [0.15, 0.2) is 53.4 Å². The molecule has 0 aliphatic rings. The molecule has 6 heteroatoms. The van der Waals surface area contributed by atoms with Gasteiger partial charge in [0, 0.05) is 5.02 Å². The van der Waals surface area contributed by atoms with Gasteiger partial charge in [0.25, 0.3) is 0 Å². The summed E-state index contributed by atoms with van der Waals surface area (Å²) in [6.07, 6.45) is 0. The van der Waals surface area contributed by atoms with Crippen LogP contribution in [0, 0.1) is 0 Å². The maximum Gasteiger partial charge on any atom is 1.00 e. The molecule has 0 atom stereocenters. The predicted molar refractivity (Wildman–Crippen MR) is 64.9 cm³/mol. The predicted octanol–water partition coefficient (Wildman–Crippen LogP) is -0.0849. The Morgan fingerprint density at radius 1 is 0.833 bits per heavy atom. The van der Waals surface area contributed by atoms with Crippen molar-refractivity contribution in [2.45, 2.75) is 4.90 Å². The van der Waals surface area contributed by atoms with Crippen molar-refractivity contribution in [2.24, 2.45) is 0 Å². The van der Waals surface area contributed by atoms with Gasteiger partial charge in [0.1, 0.15) is 10.1 Å². The Morgan fingerprint density at radius 3 is 1.61 bits per heavy atom. The second kappa shape index (κ2) is 6.19. The molecule has 88 valence electrons. The molecule has 3 nitrogen and oxygen atoms in total. The quantitative estimate of drug-likeness (QED) is 0.574. The molecule has 0 fully saturated rings. The second-order valence-corrected chi connectivity index (χ2v) is 5.30. The van der Waals surface area contributed by atoms with E-state index in [1.807, 2.05) is 12.1 Å². The van der Waals surface area contributed by atoms with E-state index in [9.17, 15) is 13.0 Å². The van der Waals surface area contributed by atoms with Gasteiger partial charge < -0.3 is 4.55 Å². The van der Waals surface area contributed by atoms with Crippen molar-refractivity contribution in [3.05, 3.63) is 53.6 Å². The minimum Gasteiger partial charge on any atom is -0.744 e. The van der Waals surface area contributed by atoms with Crippen LogP contribution in [0.5, 0.6) is 0 Å². The van der Waals surface area contributed by atoms with Crippen LogP contribution in [0.2, 0.25) is 5.02 Å². The van der Waals surface area contributed by atoms with Crippen LogP contribution in [0.1, 0.15) is 0 Å². The molecule has 0 saturated heterocycles. The van der Waals surface area contributed by atoms with Crippen LogP contribution in [0.25, 0.3) is 11.1 Å². The normalized spacial score (nSPS) is 10.8. The fourth-order valence-corrected chi connectivity index (χ4v) is 2.05. The van der Waals surface area contributed by atoms with Gasteiger partial charge in [0.05, 0.1) is 4.90 Å². The molecule has 18 heavy (non-hydrogen) atoms. The zero-order chi connectivity index (χ0) is 12.5. The molecule has 0 N–H and O–H groups in total. The first-order chi connectivity index (χ1) is 7.97. The van der Waals surface area contributed by atoms with Crippen molar-refractivity contribution in [1.29, 1.82) is 0 Å². The molecule has 0 aliphatic carbocycles. The zero-order valence-corrected chi connectivity index (χ0v) is 13.2. The molecule has 0 bridgehead atoms. The molecule has 0 radical (unpaired) electrons. The van der Waals surface area contributed by atoms with Crippen molar-refractivity contribution in [3.63, 3.8) is 0 Å². The SMILES string of the molecule is O=S(=O)([O-])c1ccc(-c2ccc(Cl)cc2)cc1.[Na+]. The molecule has 0 saturated carbocycles. The summed E-state index contributed by atoms with van der Waals surface area (Å²) in [5.41, 5.74) is 1.73. The summed E-state index contributed by atoms with van der Waals surface area (Å²) >= 11 is 5.76. The van der Waals surface area contributed by atoms with Gasteiger partial charge in [-0.2, -0.15) is 0 Å². The molecular weight excluding hydrogens is 283 g/mol. The first-order valence-corrected chi connectivity index (χ1v) is 6.57. The summed E-state index contributed by atoms with van der Waals surface area (Å²) in [4.78, 5) is -0.227. The number of benzene rings is 2. The van der Waals surface area contributed by atoms with E-state index in [-0.39, 0.29) is 34.5 Å². The Balaban J connectivity index is 0.00000162.